The molecule has 0 aliphatic rings. The summed E-state index contributed by atoms with van der Waals surface area (Å²) in [6, 6.07) is 27.9. The van der Waals surface area contributed by atoms with E-state index in [2.05, 4.69) is 36.7 Å². The third-order valence-corrected chi connectivity index (χ3v) is 7.27. The van der Waals surface area contributed by atoms with Crippen LogP contribution in [0, 0.1) is 6.92 Å². The van der Waals surface area contributed by atoms with Crippen molar-refractivity contribution >= 4 is 40.0 Å². The van der Waals surface area contributed by atoms with Crippen molar-refractivity contribution in [1.82, 2.24) is 15.1 Å². The number of amides is 3. The minimum absolute atomic E-state index is 0.0733. The van der Waals surface area contributed by atoms with Gasteiger partial charge in [0.25, 0.3) is 5.91 Å². The molecule has 0 atom stereocenters. The van der Waals surface area contributed by atoms with Crippen molar-refractivity contribution in [3.05, 3.63) is 119 Å². The van der Waals surface area contributed by atoms with E-state index < -0.39 is 0 Å². The first-order chi connectivity index (χ1) is 20.5. The number of rotatable bonds is 7. The number of carbonyl (C=O) groups is 3. The Morgan fingerprint density at radius 2 is 1.56 bits per heavy atom. The molecule has 0 fully saturated rings. The zero-order valence-corrected chi connectivity index (χ0v) is 25.0. The van der Waals surface area contributed by atoms with Crippen LogP contribution >= 0.6 is 0 Å². The molecule has 3 N–H and O–H groups in total. The fraction of sp³-hybridized carbons (Fsp3) is 0.200. The van der Waals surface area contributed by atoms with Gasteiger partial charge in [-0.2, -0.15) is 5.10 Å². The number of nitrogens with zero attached hydrogens (tertiary/aromatic N) is 2. The largest absolute Gasteiger partial charge is 0.348 e. The summed E-state index contributed by atoms with van der Waals surface area (Å²) in [4.78, 5) is 37.8. The van der Waals surface area contributed by atoms with E-state index in [-0.39, 0.29) is 23.1 Å². The molecule has 0 spiro atoms. The minimum atomic E-state index is -0.374. The average molecular weight is 574 g/mol. The molecule has 4 aromatic carbocycles. The van der Waals surface area contributed by atoms with Gasteiger partial charge < -0.3 is 10.6 Å². The maximum Gasteiger partial charge on any atom is 0.324 e. The average Bonchev–Trinajstić information content (AvgIpc) is 3.40. The molecule has 1 aromatic heterocycles. The minimum Gasteiger partial charge on any atom is -0.348 e. The highest BCUT2D eigenvalue weighted by molar-refractivity contribution is 6.06. The van der Waals surface area contributed by atoms with Gasteiger partial charge in [0.05, 0.1) is 17.1 Å². The number of aryl methyl sites for hydroxylation is 1. The second kappa shape index (κ2) is 11.9. The maximum absolute atomic E-state index is 13.1. The van der Waals surface area contributed by atoms with Gasteiger partial charge in [0.1, 0.15) is 5.82 Å². The predicted octanol–water partition coefficient (Wildman–Crippen LogP) is 7.41. The zero-order chi connectivity index (χ0) is 30.7. The van der Waals surface area contributed by atoms with Crippen LogP contribution in [0.1, 0.15) is 65.2 Å². The van der Waals surface area contributed by atoms with E-state index in [9.17, 15) is 14.4 Å². The van der Waals surface area contributed by atoms with Crippen LogP contribution < -0.4 is 16.0 Å². The summed E-state index contributed by atoms with van der Waals surface area (Å²) in [6.07, 6.45) is 0. The molecule has 5 aromatic rings. The van der Waals surface area contributed by atoms with Crippen LogP contribution in [-0.2, 0) is 12.0 Å². The number of fused-ring (bicyclic) bond motifs is 1. The SMILES string of the molecule is CC(=O)c1cc(C(=O)NCc2ccc(-n3nc(C(C)(C)C)cc3NC(=O)Nc3cccc4ccccc34)cc2)ccc1C. The lowest BCUT2D eigenvalue weighted by molar-refractivity contribution is 0.0951. The third-order valence-electron chi connectivity index (χ3n) is 7.27. The molecule has 0 aliphatic heterocycles. The molecular weight excluding hydrogens is 538 g/mol. The Morgan fingerprint density at radius 3 is 2.28 bits per heavy atom. The fourth-order valence-corrected chi connectivity index (χ4v) is 4.82. The number of carbonyl (C=O) groups excluding carboxylic acids is 3. The van der Waals surface area contributed by atoms with Crippen molar-refractivity contribution in [2.75, 3.05) is 10.6 Å². The molecular formula is C35H35N5O3. The molecule has 0 saturated carbocycles. The van der Waals surface area contributed by atoms with Crippen molar-refractivity contribution in [2.24, 2.45) is 0 Å². The number of hydrogen-bond donors (Lipinski definition) is 3. The van der Waals surface area contributed by atoms with Gasteiger partial charge in [-0.05, 0) is 60.7 Å². The van der Waals surface area contributed by atoms with Crippen LogP contribution in [0.5, 0.6) is 0 Å². The van der Waals surface area contributed by atoms with Gasteiger partial charge in [-0.1, -0.05) is 75.4 Å². The number of nitrogens with one attached hydrogen (secondary N) is 3. The Morgan fingerprint density at radius 1 is 0.837 bits per heavy atom. The number of benzene rings is 4. The number of ketones is 1. The number of Topliss-reactive ketones (excluding diaryl/α,β-unsaturated/α-hetero) is 1. The second-order valence-corrected chi connectivity index (χ2v) is 11.6. The van der Waals surface area contributed by atoms with E-state index >= 15 is 0 Å². The van der Waals surface area contributed by atoms with Crippen LogP contribution in [0.25, 0.3) is 16.5 Å². The molecule has 43 heavy (non-hydrogen) atoms. The van der Waals surface area contributed by atoms with E-state index in [0.717, 1.165) is 33.3 Å². The van der Waals surface area contributed by atoms with Gasteiger partial charge in [0.2, 0.25) is 0 Å². The quantitative estimate of drug-likeness (QED) is 0.176. The van der Waals surface area contributed by atoms with Crippen molar-refractivity contribution < 1.29 is 14.4 Å². The number of hydrogen-bond acceptors (Lipinski definition) is 4. The van der Waals surface area contributed by atoms with Gasteiger partial charge in [0.15, 0.2) is 5.78 Å². The first kappa shape index (κ1) is 29.3. The second-order valence-electron chi connectivity index (χ2n) is 11.6. The van der Waals surface area contributed by atoms with E-state index in [1.165, 1.54) is 6.92 Å². The highest BCUT2D eigenvalue weighted by Crippen LogP contribution is 2.28. The fourth-order valence-electron chi connectivity index (χ4n) is 4.82. The Labute approximate surface area is 251 Å². The van der Waals surface area contributed by atoms with Gasteiger partial charge in [-0.3, -0.25) is 14.9 Å². The summed E-state index contributed by atoms with van der Waals surface area (Å²) in [5.74, 6) is 0.206. The first-order valence-electron chi connectivity index (χ1n) is 14.1. The summed E-state index contributed by atoms with van der Waals surface area (Å²) < 4.78 is 1.71. The number of anilines is 2. The molecule has 5 rings (SSSR count). The van der Waals surface area contributed by atoms with Crippen molar-refractivity contribution in [1.29, 1.82) is 0 Å². The molecule has 8 heteroatoms. The van der Waals surface area contributed by atoms with Crippen molar-refractivity contribution in [3.8, 4) is 5.69 Å². The molecule has 1 heterocycles. The Hall–Kier alpha value is -5.24. The summed E-state index contributed by atoms with van der Waals surface area (Å²) >= 11 is 0. The van der Waals surface area contributed by atoms with Crippen LogP contribution in [-0.4, -0.2) is 27.5 Å². The van der Waals surface area contributed by atoms with Gasteiger partial charge in [-0.25, -0.2) is 9.48 Å². The Balaban J connectivity index is 1.32. The monoisotopic (exact) mass is 573 g/mol. The number of aromatic nitrogens is 2. The third kappa shape index (κ3) is 6.64. The highest BCUT2D eigenvalue weighted by Gasteiger charge is 2.22. The molecule has 8 nitrogen and oxygen atoms in total. The van der Waals surface area contributed by atoms with Gasteiger partial charge in [-0.15, -0.1) is 0 Å². The molecule has 0 aliphatic carbocycles. The molecule has 0 unspecified atom stereocenters. The maximum atomic E-state index is 13.1. The van der Waals surface area contributed by atoms with Crippen LogP contribution in [0.4, 0.5) is 16.3 Å². The standard InChI is InChI=1S/C35H35N5O3/c1-22-13-16-26(19-29(22)23(2)41)33(42)36-21-24-14-17-27(18-15-24)40-32(20-31(39-40)35(3,4)5)38-34(43)37-30-12-8-10-25-9-6-7-11-28(25)30/h6-20H,21H2,1-5H3,(H,36,42)(H2,37,38,43). The topological polar surface area (TPSA) is 105 Å². The van der Waals surface area contributed by atoms with Crippen LogP contribution in [0.15, 0.2) is 91.0 Å². The normalized spacial score (nSPS) is 11.3. The van der Waals surface area contributed by atoms with E-state index in [1.54, 1.807) is 22.9 Å². The lowest BCUT2D eigenvalue weighted by atomic mass is 9.92. The van der Waals surface area contributed by atoms with Crippen molar-refractivity contribution in [2.45, 2.75) is 46.6 Å². The van der Waals surface area contributed by atoms with E-state index in [4.69, 9.17) is 5.10 Å². The zero-order valence-electron chi connectivity index (χ0n) is 25.0. The van der Waals surface area contributed by atoms with Crippen LogP contribution in [0.3, 0.4) is 0 Å². The lowest BCUT2D eigenvalue weighted by Crippen LogP contribution is -2.23. The summed E-state index contributed by atoms with van der Waals surface area (Å²) in [7, 11) is 0. The molecule has 0 saturated heterocycles. The molecule has 0 bridgehead atoms. The summed E-state index contributed by atoms with van der Waals surface area (Å²) in [5, 5.41) is 15.7. The lowest BCUT2D eigenvalue weighted by Gasteiger charge is -2.14. The Kier molecular flexibility index (Phi) is 8.12. The van der Waals surface area contributed by atoms with Crippen molar-refractivity contribution in [3.63, 3.8) is 0 Å². The van der Waals surface area contributed by atoms with Gasteiger partial charge >= 0.3 is 6.03 Å². The van der Waals surface area contributed by atoms with Gasteiger partial charge in [0, 0.05) is 34.5 Å². The smallest absolute Gasteiger partial charge is 0.324 e. The molecule has 0 radical (unpaired) electrons. The van der Waals surface area contributed by atoms with E-state index in [1.807, 2.05) is 79.7 Å². The molecule has 3 amide bonds. The first-order valence-corrected chi connectivity index (χ1v) is 14.1. The highest BCUT2D eigenvalue weighted by atomic mass is 16.2. The van der Waals surface area contributed by atoms with Crippen LogP contribution in [0.2, 0.25) is 0 Å². The Bertz CT molecular complexity index is 1830. The number of urea groups is 1. The van der Waals surface area contributed by atoms with E-state index in [0.29, 0.717) is 29.2 Å². The predicted molar refractivity (Wildman–Crippen MR) is 171 cm³/mol. The molecule has 218 valence electrons. The summed E-state index contributed by atoms with van der Waals surface area (Å²) in [6.45, 7) is 9.86. The summed E-state index contributed by atoms with van der Waals surface area (Å²) in [5.41, 5.74) is 4.78.